The predicted molar refractivity (Wildman–Crippen MR) is 115 cm³/mol. The molecule has 0 atom stereocenters. The van der Waals surface area contributed by atoms with Crippen molar-refractivity contribution in [3.63, 3.8) is 0 Å². The maximum atomic E-state index is 13.4. The predicted octanol–water partition coefficient (Wildman–Crippen LogP) is 3.89. The molecule has 0 unspecified atom stereocenters. The number of piperazine rings is 1. The summed E-state index contributed by atoms with van der Waals surface area (Å²) in [4.78, 5) is 29.7. The number of hydrogen-bond acceptors (Lipinski definition) is 3. The molecule has 1 amide bonds. The Kier molecular flexibility index (Phi) is 6.04. The van der Waals surface area contributed by atoms with Gasteiger partial charge in [-0.15, -0.1) is 0 Å². The summed E-state index contributed by atoms with van der Waals surface area (Å²) in [5.41, 5.74) is 2.95. The highest BCUT2D eigenvalue weighted by molar-refractivity contribution is 5.97. The van der Waals surface area contributed by atoms with Crippen molar-refractivity contribution in [3.05, 3.63) is 47.4 Å². The van der Waals surface area contributed by atoms with Crippen LogP contribution in [0.2, 0.25) is 0 Å². The number of rotatable bonds is 5. The first-order valence-corrected chi connectivity index (χ1v) is 10.9. The highest BCUT2D eigenvalue weighted by Gasteiger charge is 2.28. The Morgan fingerprint density at radius 1 is 1.03 bits per heavy atom. The van der Waals surface area contributed by atoms with Gasteiger partial charge >= 0.3 is 0 Å². The quantitative estimate of drug-likeness (QED) is 0.701. The summed E-state index contributed by atoms with van der Waals surface area (Å²) in [6.45, 7) is 6.97. The highest BCUT2D eigenvalue weighted by atomic mass is 19.1. The zero-order valence-corrected chi connectivity index (χ0v) is 17.9. The van der Waals surface area contributed by atoms with E-state index in [4.69, 9.17) is 0 Å². The lowest BCUT2D eigenvalue weighted by atomic mass is 10.1. The summed E-state index contributed by atoms with van der Waals surface area (Å²) in [7, 11) is 0. The minimum Gasteiger partial charge on any atom is -0.339 e. The minimum atomic E-state index is -0.309. The first-order chi connectivity index (χ1) is 14.4. The van der Waals surface area contributed by atoms with Crippen LogP contribution in [0.5, 0.6) is 0 Å². The first kappa shape index (κ1) is 20.8. The van der Waals surface area contributed by atoms with E-state index < -0.39 is 0 Å². The molecule has 0 N–H and O–H groups in total. The Morgan fingerprint density at radius 2 is 1.67 bits per heavy atom. The minimum absolute atomic E-state index is 0.0350. The van der Waals surface area contributed by atoms with E-state index in [1.807, 2.05) is 22.5 Å². The van der Waals surface area contributed by atoms with Gasteiger partial charge in [-0.1, -0.05) is 12.8 Å². The van der Waals surface area contributed by atoms with Crippen LogP contribution < -0.4 is 0 Å². The topological polar surface area (TPSA) is 45.6 Å². The molecule has 0 radical (unpaired) electrons. The monoisotopic (exact) mass is 411 g/mol. The van der Waals surface area contributed by atoms with Crippen molar-refractivity contribution < 1.29 is 14.0 Å². The van der Waals surface area contributed by atoms with Crippen LogP contribution in [-0.4, -0.2) is 58.3 Å². The number of aromatic nitrogens is 1. The number of ketones is 1. The van der Waals surface area contributed by atoms with E-state index in [0.717, 1.165) is 43.1 Å². The zero-order valence-electron chi connectivity index (χ0n) is 17.9. The lowest BCUT2D eigenvalue weighted by Crippen LogP contribution is -2.52. The van der Waals surface area contributed by atoms with Crippen molar-refractivity contribution in [2.45, 2.75) is 52.1 Å². The van der Waals surface area contributed by atoms with Gasteiger partial charge < -0.3 is 9.47 Å². The van der Waals surface area contributed by atoms with Crippen LogP contribution in [0.15, 0.2) is 30.3 Å². The van der Waals surface area contributed by atoms with E-state index in [1.165, 1.54) is 44.7 Å². The lowest BCUT2D eigenvalue weighted by molar-refractivity contribution is -0.133. The molecule has 6 heteroatoms. The van der Waals surface area contributed by atoms with Gasteiger partial charge in [-0.05, 0) is 62.6 Å². The van der Waals surface area contributed by atoms with Gasteiger partial charge in [0, 0.05) is 49.2 Å². The van der Waals surface area contributed by atoms with Crippen LogP contribution in [-0.2, 0) is 11.3 Å². The number of carbonyl (C=O) groups excluding carboxylic acids is 2. The molecule has 2 heterocycles. The summed E-state index contributed by atoms with van der Waals surface area (Å²) in [5, 5.41) is 0. The smallest absolute Gasteiger partial charge is 0.242 e. The normalized spacial score (nSPS) is 18.2. The maximum Gasteiger partial charge on any atom is 0.242 e. The molecular formula is C24H30FN3O2. The Balaban J connectivity index is 1.51. The maximum absolute atomic E-state index is 13.4. The van der Waals surface area contributed by atoms with Gasteiger partial charge in [0.2, 0.25) is 5.91 Å². The largest absolute Gasteiger partial charge is 0.339 e. The van der Waals surface area contributed by atoms with Crippen LogP contribution in [0.25, 0.3) is 11.3 Å². The fraction of sp³-hybridized carbons (Fsp3) is 0.500. The average Bonchev–Trinajstić information content (AvgIpc) is 3.38. The molecule has 2 fully saturated rings. The highest BCUT2D eigenvalue weighted by Crippen LogP contribution is 2.28. The van der Waals surface area contributed by atoms with E-state index in [2.05, 4.69) is 4.90 Å². The van der Waals surface area contributed by atoms with Gasteiger partial charge in [-0.3, -0.25) is 14.5 Å². The third kappa shape index (κ3) is 4.19. The zero-order chi connectivity index (χ0) is 21.3. The number of benzene rings is 1. The summed E-state index contributed by atoms with van der Waals surface area (Å²) in [5.74, 6) is -0.276. The van der Waals surface area contributed by atoms with E-state index in [1.54, 1.807) is 12.1 Å². The second-order valence-electron chi connectivity index (χ2n) is 8.53. The first-order valence-electron chi connectivity index (χ1n) is 10.9. The van der Waals surface area contributed by atoms with Crippen molar-refractivity contribution in [1.29, 1.82) is 0 Å². The lowest BCUT2D eigenvalue weighted by Gasteiger charge is -2.38. The molecule has 30 heavy (non-hydrogen) atoms. The average molecular weight is 412 g/mol. The number of hydrogen-bond donors (Lipinski definition) is 0. The second-order valence-corrected chi connectivity index (χ2v) is 8.53. The molecule has 1 aliphatic carbocycles. The standard InChI is InChI=1S/C24H30FN3O2/c1-17-22(18(2)29)15-23(19-7-9-20(25)10-8-19)28(17)16-24(30)27-13-11-26(12-14-27)21-5-3-4-6-21/h7-10,15,21H,3-6,11-14,16H2,1-2H3. The molecule has 2 aliphatic rings. The van der Waals surface area contributed by atoms with Crippen molar-refractivity contribution in [1.82, 2.24) is 14.4 Å². The number of amides is 1. The van der Waals surface area contributed by atoms with Crippen LogP contribution >= 0.6 is 0 Å². The summed E-state index contributed by atoms with van der Waals surface area (Å²) < 4.78 is 15.3. The van der Waals surface area contributed by atoms with E-state index in [0.29, 0.717) is 11.6 Å². The molecule has 1 aromatic carbocycles. The molecule has 2 aromatic rings. The van der Waals surface area contributed by atoms with Gasteiger partial charge in [-0.25, -0.2) is 4.39 Å². The molecule has 1 saturated heterocycles. The molecule has 0 bridgehead atoms. The molecule has 5 nitrogen and oxygen atoms in total. The molecule has 1 aliphatic heterocycles. The van der Waals surface area contributed by atoms with Crippen LogP contribution in [0.3, 0.4) is 0 Å². The van der Waals surface area contributed by atoms with Crippen molar-refractivity contribution in [2.75, 3.05) is 26.2 Å². The van der Waals surface area contributed by atoms with Gasteiger partial charge in [0.15, 0.2) is 5.78 Å². The molecular weight excluding hydrogens is 381 g/mol. The number of nitrogens with zero attached hydrogens (tertiary/aromatic N) is 3. The van der Waals surface area contributed by atoms with Gasteiger partial charge in [0.25, 0.3) is 0 Å². The van der Waals surface area contributed by atoms with E-state index in [-0.39, 0.29) is 24.1 Å². The van der Waals surface area contributed by atoms with Crippen molar-refractivity contribution in [2.24, 2.45) is 0 Å². The van der Waals surface area contributed by atoms with E-state index in [9.17, 15) is 14.0 Å². The number of Topliss-reactive ketones (excluding diaryl/α,β-unsaturated/α-hetero) is 1. The fourth-order valence-electron chi connectivity index (χ4n) is 4.91. The van der Waals surface area contributed by atoms with Gasteiger partial charge in [-0.2, -0.15) is 0 Å². The SMILES string of the molecule is CC(=O)c1cc(-c2ccc(F)cc2)n(CC(=O)N2CCN(C3CCCC3)CC2)c1C. The van der Waals surface area contributed by atoms with Crippen molar-refractivity contribution >= 4 is 11.7 Å². The van der Waals surface area contributed by atoms with Crippen LogP contribution in [0, 0.1) is 12.7 Å². The molecule has 0 spiro atoms. The summed E-state index contributed by atoms with van der Waals surface area (Å²) in [6.07, 6.45) is 5.21. The number of carbonyl (C=O) groups is 2. The Bertz CT molecular complexity index is 921. The molecule has 1 saturated carbocycles. The fourth-order valence-corrected chi connectivity index (χ4v) is 4.91. The Labute approximate surface area is 177 Å². The van der Waals surface area contributed by atoms with Crippen LogP contribution in [0.4, 0.5) is 4.39 Å². The Morgan fingerprint density at radius 3 is 2.27 bits per heavy atom. The Hall–Kier alpha value is -2.47. The second kappa shape index (κ2) is 8.72. The third-order valence-electron chi connectivity index (χ3n) is 6.69. The van der Waals surface area contributed by atoms with Crippen molar-refractivity contribution in [3.8, 4) is 11.3 Å². The summed E-state index contributed by atoms with van der Waals surface area (Å²) in [6, 6.07) is 8.69. The van der Waals surface area contributed by atoms with E-state index >= 15 is 0 Å². The van der Waals surface area contributed by atoms with Gasteiger partial charge in [0.05, 0.1) is 0 Å². The number of halogens is 1. The summed E-state index contributed by atoms with van der Waals surface area (Å²) >= 11 is 0. The third-order valence-corrected chi connectivity index (χ3v) is 6.69. The molecule has 160 valence electrons. The molecule has 4 rings (SSSR count). The van der Waals surface area contributed by atoms with Gasteiger partial charge in [0.1, 0.15) is 12.4 Å². The molecule has 1 aromatic heterocycles. The van der Waals surface area contributed by atoms with Crippen LogP contribution in [0.1, 0.15) is 48.7 Å².